The second-order valence-corrected chi connectivity index (χ2v) is 14.4. The Morgan fingerprint density at radius 2 is 1.72 bits per heavy atom. The molecule has 0 amide bonds. The summed E-state index contributed by atoms with van der Waals surface area (Å²) in [5.41, 5.74) is -0.0696. The maximum Gasteiger partial charge on any atom is 0.397 e. The molecule has 4 aliphatic carbocycles. The molecule has 3 unspecified atom stereocenters. The topological polar surface area (TPSA) is 145 Å². The summed E-state index contributed by atoms with van der Waals surface area (Å²) in [5, 5.41) is 42.9. The number of rotatable bonds is 9. The molecule has 12 atom stereocenters. The lowest BCUT2D eigenvalue weighted by atomic mass is 9.43. The van der Waals surface area contributed by atoms with Gasteiger partial charge < -0.3 is 20.4 Å². The molecule has 9 heteroatoms. The molecule has 0 aromatic carbocycles. The summed E-state index contributed by atoms with van der Waals surface area (Å²) in [5.74, 6) is 1.32. The molecule has 0 radical (unpaired) electrons. The molecule has 0 saturated heterocycles. The van der Waals surface area contributed by atoms with Crippen molar-refractivity contribution in [3.63, 3.8) is 0 Å². The number of aliphatic hydroxyl groups is 4. The van der Waals surface area contributed by atoms with Crippen molar-refractivity contribution in [2.45, 2.75) is 103 Å². The second kappa shape index (κ2) is 10.7. The summed E-state index contributed by atoms with van der Waals surface area (Å²) >= 11 is 0. The zero-order valence-corrected chi connectivity index (χ0v) is 22.9. The van der Waals surface area contributed by atoms with Crippen LogP contribution in [0, 0.1) is 52.3 Å². The summed E-state index contributed by atoms with van der Waals surface area (Å²) in [6, 6.07) is 0. The largest absolute Gasteiger partial charge is 0.397 e. The van der Waals surface area contributed by atoms with Gasteiger partial charge in [-0.05, 0) is 97.7 Å². The molecule has 0 aromatic rings. The summed E-state index contributed by atoms with van der Waals surface area (Å²) in [7, 11) is -4.51. The summed E-state index contributed by atoms with van der Waals surface area (Å²) in [4.78, 5) is 0. The zero-order chi connectivity index (χ0) is 26.5. The predicted molar refractivity (Wildman–Crippen MR) is 135 cm³/mol. The number of aliphatic hydroxyl groups excluding tert-OH is 4. The highest BCUT2D eigenvalue weighted by atomic mass is 32.3. The van der Waals surface area contributed by atoms with E-state index >= 15 is 0 Å². The van der Waals surface area contributed by atoms with Crippen LogP contribution in [0.25, 0.3) is 0 Å². The lowest BCUT2D eigenvalue weighted by Crippen LogP contribution is -2.63. The van der Waals surface area contributed by atoms with E-state index in [4.69, 9.17) is 4.55 Å². The van der Waals surface area contributed by atoms with E-state index < -0.39 is 22.6 Å². The Morgan fingerprint density at radius 3 is 2.39 bits per heavy atom. The predicted octanol–water partition coefficient (Wildman–Crippen LogP) is 3.18. The molecule has 36 heavy (non-hydrogen) atoms. The van der Waals surface area contributed by atoms with Gasteiger partial charge in [-0.3, -0.25) is 4.55 Å². The molecule has 5 N–H and O–H groups in total. The molecule has 4 fully saturated rings. The van der Waals surface area contributed by atoms with Gasteiger partial charge >= 0.3 is 10.4 Å². The van der Waals surface area contributed by atoms with E-state index in [1.165, 1.54) is 0 Å². The third-order valence-corrected chi connectivity index (χ3v) is 11.8. The van der Waals surface area contributed by atoms with E-state index in [1.54, 1.807) is 0 Å². The summed E-state index contributed by atoms with van der Waals surface area (Å²) in [6.07, 6.45) is 7.26. The van der Waals surface area contributed by atoms with Gasteiger partial charge in [-0.25, -0.2) is 4.18 Å². The van der Waals surface area contributed by atoms with Gasteiger partial charge in [0.2, 0.25) is 0 Å². The smallest absolute Gasteiger partial charge is 0.396 e. The molecule has 0 spiro atoms. The van der Waals surface area contributed by atoms with Crippen LogP contribution < -0.4 is 0 Å². The molecule has 4 rings (SSSR count). The third kappa shape index (κ3) is 5.40. The monoisotopic (exact) mass is 532 g/mol. The molecular weight excluding hydrogens is 484 g/mol. The first kappa shape index (κ1) is 28.7. The molecule has 4 aliphatic rings. The van der Waals surface area contributed by atoms with Crippen LogP contribution in [0.2, 0.25) is 0 Å². The molecule has 0 aliphatic heterocycles. The first-order valence-corrected chi connectivity index (χ1v) is 15.4. The molecule has 8 nitrogen and oxygen atoms in total. The van der Waals surface area contributed by atoms with Crippen LogP contribution in [-0.2, 0) is 14.6 Å². The van der Waals surface area contributed by atoms with Gasteiger partial charge in [0.25, 0.3) is 0 Å². The molecule has 0 heterocycles. The SMILES string of the molecule is C[C@H](CCC[C@H](CO)COS(=O)(=O)O)[C@H]1CCC2C3C([C@H](O)C[C@@]21C)[C@@]1(C)CC[C@@H](O)C[C@H]1C[C@H]3O. The fraction of sp³-hybridized carbons (Fsp3) is 1.00. The maximum absolute atomic E-state index is 11.6. The molecule has 210 valence electrons. The van der Waals surface area contributed by atoms with Crippen LogP contribution in [0.1, 0.15) is 85.0 Å². The van der Waals surface area contributed by atoms with Crippen molar-refractivity contribution < 1.29 is 37.6 Å². The third-order valence-electron chi connectivity index (χ3n) is 11.3. The second-order valence-electron chi connectivity index (χ2n) is 13.3. The van der Waals surface area contributed by atoms with Crippen molar-refractivity contribution in [2.24, 2.45) is 52.3 Å². The average molecular weight is 533 g/mol. The number of hydrogen-bond acceptors (Lipinski definition) is 7. The standard InChI is InChI=1S/C27H48O8S/c1-16(5-4-6-17(14-28)15-35-36(32,33)34)20-7-8-21-24-22(30)12-18-11-19(29)9-10-26(18,2)25(24)23(31)13-27(20,21)3/h16-25,28-31H,4-15H2,1-3H3,(H,32,33,34)/t16-,17-,18+,19-,20-,21?,22-,23-,24?,25?,26+,27-/m1/s1. The first-order valence-electron chi connectivity index (χ1n) is 14.1. The maximum atomic E-state index is 11.6. The quantitative estimate of drug-likeness (QED) is 0.285. The Bertz CT molecular complexity index is 866. The van der Waals surface area contributed by atoms with E-state index in [0.717, 1.165) is 57.8 Å². The molecule has 4 saturated carbocycles. The Hall–Kier alpha value is -0.290. The Morgan fingerprint density at radius 1 is 1.00 bits per heavy atom. The minimum atomic E-state index is -4.51. The van der Waals surface area contributed by atoms with Crippen molar-refractivity contribution >= 4 is 10.4 Å². The van der Waals surface area contributed by atoms with Gasteiger partial charge in [0.1, 0.15) is 0 Å². The van der Waals surface area contributed by atoms with E-state index in [-0.39, 0.29) is 53.8 Å². The van der Waals surface area contributed by atoms with Gasteiger partial charge in [0.15, 0.2) is 0 Å². The molecule has 0 bridgehead atoms. The van der Waals surface area contributed by atoms with E-state index in [1.807, 2.05) is 0 Å². The normalized spacial score (nSPS) is 46.4. The minimum absolute atomic E-state index is 0.0308. The highest BCUT2D eigenvalue weighted by Crippen LogP contribution is 2.68. The van der Waals surface area contributed by atoms with Crippen molar-refractivity contribution in [2.75, 3.05) is 13.2 Å². The Balaban J connectivity index is 1.42. The van der Waals surface area contributed by atoms with Gasteiger partial charge in [0.05, 0.1) is 24.9 Å². The van der Waals surface area contributed by atoms with Gasteiger partial charge in [-0.2, -0.15) is 8.42 Å². The number of hydrogen-bond donors (Lipinski definition) is 5. The van der Waals surface area contributed by atoms with Crippen molar-refractivity contribution in [1.29, 1.82) is 0 Å². The van der Waals surface area contributed by atoms with Crippen molar-refractivity contribution in [3.8, 4) is 0 Å². The summed E-state index contributed by atoms with van der Waals surface area (Å²) < 4.78 is 34.9. The fourth-order valence-electron chi connectivity index (χ4n) is 9.62. The zero-order valence-electron chi connectivity index (χ0n) is 22.1. The van der Waals surface area contributed by atoms with Crippen LogP contribution in [0.5, 0.6) is 0 Å². The summed E-state index contributed by atoms with van der Waals surface area (Å²) in [6.45, 7) is 6.47. The van der Waals surface area contributed by atoms with E-state index in [2.05, 4.69) is 25.0 Å². The van der Waals surface area contributed by atoms with Crippen molar-refractivity contribution in [3.05, 3.63) is 0 Å². The van der Waals surface area contributed by atoms with Crippen molar-refractivity contribution in [1.82, 2.24) is 0 Å². The van der Waals surface area contributed by atoms with E-state index in [9.17, 15) is 28.8 Å². The molecular formula is C27H48O8S. The highest BCUT2D eigenvalue weighted by molar-refractivity contribution is 7.80. The Labute approximate surface area is 216 Å². The van der Waals surface area contributed by atoms with Crippen LogP contribution in [-0.4, -0.2) is 64.9 Å². The highest BCUT2D eigenvalue weighted by Gasteiger charge is 2.65. The fourth-order valence-corrected chi connectivity index (χ4v) is 9.99. The minimum Gasteiger partial charge on any atom is -0.396 e. The molecule has 0 aromatic heterocycles. The average Bonchev–Trinajstić information content (AvgIpc) is 3.12. The van der Waals surface area contributed by atoms with Crippen LogP contribution in [0.15, 0.2) is 0 Å². The van der Waals surface area contributed by atoms with Gasteiger partial charge in [-0.1, -0.05) is 33.6 Å². The van der Waals surface area contributed by atoms with Crippen LogP contribution in [0.3, 0.4) is 0 Å². The van der Waals surface area contributed by atoms with Gasteiger partial charge in [-0.15, -0.1) is 0 Å². The van der Waals surface area contributed by atoms with E-state index in [0.29, 0.717) is 24.2 Å². The Kier molecular flexibility index (Phi) is 8.53. The number of fused-ring (bicyclic) bond motifs is 5. The lowest BCUT2D eigenvalue weighted by molar-refractivity contribution is -0.213. The lowest BCUT2D eigenvalue weighted by Gasteiger charge is -2.63. The van der Waals surface area contributed by atoms with Crippen LogP contribution in [0.4, 0.5) is 0 Å². The first-order chi connectivity index (χ1) is 16.8. The van der Waals surface area contributed by atoms with Gasteiger partial charge in [0, 0.05) is 12.5 Å². The van der Waals surface area contributed by atoms with Crippen LogP contribution >= 0.6 is 0 Å².